The predicted octanol–water partition coefficient (Wildman–Crippen LogP) is 7.85. The second kappa shape index (κ2) is 11.0. The maximum atomic E-state index is 12.4. The molecule has 0 fully saturated rings. The molecule has 0 aliphatic heterocycles. The van der Waals surface area contributed by atoms with Crippen LogP contribution in [-0.4, -0.2) is 11.3 Å². The van der Waals surface area contributed by atoms with E-state index in [0.717, 1.165) is 39.8 Å². The lowest BCUT2D eigenvalue weighted by Crippen LogP contribution is -2.36. The van der Waals surface area contributed by atoms with E-state index in [4.69, 9.17) is 4.74 Å². The van der Waals surface area contributed by atoms with Crippen molar-refractivity contribution in [2.75, 3.05) is 0 Å². The largest absolute Gasteiger partial charge is 0.507 e. The summed E-state index contributed by atoms with van der Waals surface area (Å²) in [5.74, 6) is 0. The van der Waals surface area contributed by atoms with Gasteiger partial charge in [0.2, 0.25) is 0 Å². The fraction of sp³-hybridized carbons (Fsp3) is 0.0882. The quantitative estimate of drug-likeness (QED) is 0.180. The third kappa shape index (κ3) is 5.17. The summed E-state index contributed by atoms with van der Waals surface area (Å²) in [7, 11) is 0. The Labute approximate surface area is 217 Å². The van der Waals surface area contributed by atoms with Crippen molar-refractivity contribution in [2.24, 2.45) is 0 Å². The first-order valence-corrected chi connectivity index (χ1v) is 12.4. The van der Waals surface area contributed by atoms with Crippen LogP contribution in [0.1, 0.15) is 38.9 Å². The molecule has 1 N–H and O–H groups in total. The number of hydrogen-bond acceptors (Lipinski definition) is 2. The van der Waals surface area contributed by atoms with Crippen LogP contribution in [0.2, 0.25) is 0 Å². The first kappa shape index (κ1) is 24.1. The van der Waals surface area contributed by atoms with E-state index >= 15 is 0 Å². The number of carbonyl (C=O) groups is 1. The average molecular weight is 485 g/mol. The molecule has 0 spiro atoms. The van der Waals surface area contributed by atoms with Gasteiger partial charge in [0, 0.05) is 16.7 Å². The van der Waals surface area contributed by atoms with E-state index in [2.05, 4.69) is 30.3 Å². The zero-order valence-corrected chi connectivity index (χ0v) is 20.5. The zero-order chi connectivity index (χ0) is 25.5. The summed E-state index contributed by atoms with van der Waals surface area (Å²) in [5.41, 5.74) is 5.54. The number of ether oxygens (including phenoxy) is 1. The van der Waals surface area contributed by atoms with Crippen molar-refractivity contribution >= 4 is 6.16 Å². The van der Waals surface area contributed by atoms with E-state index in [9.17, 15) is 9.90 Å². The lowest BCUT2D eigenvalue weighted by atomic mass is 9.75. The molecular weight excluding hydrogens is 456 g/mol. The minimum absolute atomic E-state index is 0.642. The van der Waals surface area contributed by atoms with Gasteiger partial charge in [-0.1, -0.05) is 140 Å². The molecule has 5 aromatic rings. The second-order valence-electron chi connectivity index (χ2n) is 9.05. The summed E-state index contributed by atoms with van der Waals surface area (Å²) in [6, 6.07) is 46.1. The molecule has 5 aromatic carbocycles. The van der Waals surface area contributed by atoms with Crippen LogP contribution in [-0.2, 0) is 23.2 Å². The SMILES string of the molecule is O=C(O)OC(c1ccccc1)(c1ccccc1)c1cccc(Cc2ccccc2)c1Cc1ccccc1. The number of benzene rings is 5. The van der Waals surface area contributed by atoms with Gasteiger partial charge in [0.15, 0.2) is 5.60 Å². The van der Waals surface area contributed by atoms with Gasteiger partial charge in [0.05, 0.1) is 0 Å². The lowest BCUT2D eigenvalue weighted by molar-refractivity contribution is 0.0255. The summed E-state index contributed by atoms with van der Waals surface area (Å²) < 4.78 is 6.00. The molecular formula is C34H28O3. The van der Waals surface area contributed by atoms with Crippen molar-refractivity contribution in [1.82, 2.24) is 0 Å². The molecule has 37 heavy (non-hydrogen) atoms. The van der Waals surface area contributed by atoms with Crippen LogP contribution in [0.15, 0.2) is 140 Å². The van der Waals surface area contributed by atoms with Crippen LogP contribution in [0.5, 0.6) is 0 Å². The Morgan fingerprint density at radius 3 is 1.51 bits per heavy atom. The topological polar surface area (TPSA) is 46.5 Å². The molecule has 3 nitrogen and oxygen atoms in total. The van der Waals surface area contributed by atoms with Crippen LogP contribution in [0.4, 0.5) is 4.79 Å². The molecule has 5 rings (SSSR count). The number of carboxylic acid groups (broad SMARTS) is 1. The minimum Gasteiger partial charge on any atom is -0.450 e. The molecule has 0 radical (unpaired) electrons. The van der Waals surface area contributed by atoms with Crippen molar-refractivity contribution in [2.45, 2.75) is 18.4 Å². The van der Waals surface area contributed by atoms with Gasteiger partial charge in [-0.3, -0.25) is 0 Å². The molecule has 0 saturated heterocycles. The summed E-state index contributed by atoms with van der Waals surface area (Å²) in [5, 5.41) is 10.1. The maximum absolute atomic E-state index is 12.4. The number of hydrogen-bond donors (Lipinski definition) is 1. The van der Waals surface area contributed by atoms with Crippen molar-refractivity contribution < 1.29 is 14.6 Å². The van der Waals surface area contributed by atoms with Crippen LogP contribution in [0.25, 0.3) is 0 Å². The van der Waals surface area contributed by atoms with E-state index in [-0.39, 0.29) is 0 Å². The molecule has 3 heteroatoms. The monoisotopic (exact) mass is 484 g/mol. The third-order valence-corrected chi connectivity index (χ3v) is 6.71. The zero-order valence-electron chi connectivity index (χ0n) is 20.5. The first-order valence-electron chi connectivity index (χ1n) is 12.4. The van der Waals surface area contributed by atoms with Crippen LogP contribution in [0.3, 0.4) is 0 Å². The molecule has 0 saturated carbocycles. The normalized spacial score (nSPS) is 11.1. The fourth-order valence-corrected chi connectivity index (χ4v) is 5.08. The summed E-state index contributed by atoms with van der Waals surface area (Å²) in [6.45, 7) is 0. The average Bonchev–Trinajstić information content (AvgIpc) is 2.95. The van der Waals surface area contributed by atoms with Gasteiger partial charge < -0.3 is 9.84 Å². The fourth-order valence-electron chi connectivity index (χ4n) is 5.08. The van der Waals surface area contributed by atoms with Gasteiger partial charge in [-0.25, -0.2) is 4.79 Å². The van der Waals surface area contributed by atoms with E-state index in [1.165, 1.54) is 5.56 Å². The molecule has 0 aromatic heterocycles. The molecule has 0 heterocycles. The maximum Gasteiger partial charge on any atom is 0.507 e. The van der Waals surface area contributed by atoms with E-state index in [0.29, 0.717) is 6.42 Å². The van der Waals surface area contributed by atoms with Gasteiger partial charge in [-0.05, 0) is 35.1 Å². The van der Waals surface area contributed by atoms with Crippen molar-refractivity contribution in [3.05, 3.63) is 178 Å². The van der Waals surface area contributed by atoms with Crippen LogP contribution in [0, 0.1) is 0 Å². The standard InChI is InChI=1S/C34H28O3/c35-33(36)37-34(29-19-9-3-10-20-29,30-21-11-4-12-22-30)32-23-13-18-28(24-26-14-5-1-6-15-26)31(32)25-27-16-7-2-8-17-27/h1-23H,24-25H2,(H,35,36). The molecule has 0 unspecified atom stereocenters. The predicted molar refractivity (Wildman–Crippen MR) is 147 cm³/mol. The first-order chi connectivity index (χ1) is 18.2. The van der Waals surface area contributed by atoms with Crippen molar-refractivity contribution in [1.29, 1.82) is 0 Å². The highest BCUT2D eigenvalue weighted by molar-refractivity contribution is 5.63. The number of rotatable bonds is 8. The van der Waals surface area contributed by atoms with Gasteiger partial charge in [0.1, 0.15) is 0 Å². The molecule has 0 amide bonds. The summed E-state index contributed by atoms with van der Waals surface area (Å²) >= 11 is 0. The molecule has 0 atom stereocenters. The second-order valence-corrected chi connectivity index (χ2v) is 9.05. The Bertz CT molecular complexity index is 1410. The van der Waals surface area contributed by atoms with Gasteiger partial charge in [-0.2, -0.15) is 0 Å². The molecule has 182 valence electrons. The smallest absolute Gasteiger partial charge is 0.450 e. The highest BCUT2D eigenvalue weighted by atomic mass is 16.7. The molecule has 0 aliphatic carbocycles. The van der Waals surface area contributed by atoms with Gasteiger partial charge in [-0.15, -0.1) is 0 Å². The minimum atomic E-state index is -1.34. The highest BCUT2D eigenvalue weighted by Crippen LogP contribution is 2.43. The summed E-state index contributed by atoms with van der Waals surface area (Å²) in [6.07, 6.45) is 0.0412. The Morgan fingerprint density at radius 1 is 0.568 bits per heavy atom. The highest BCUT2D eigenvalue weighted by Gasteiger charge is 2.42. The van der Waals surface area contributed by atoms with E-state index < -0.39 is 11.8 Å². The lowest BCUT2D eigenvalue weighted by Gasteiger charge is -2.36. The Kier molecular flexibility index (Phi) is 7.14. The molecule has 0 bridgehead atoms. The van der Waals surface area contributed by atoms with Crippen molar-refractivity contribution in [3.63, 3.8) is 0 Å². The Morgan fingerprint density at radius 2 is 1.03 bits per heavy atom. The van der Waals surface area contributed by atoms with Crippen LogP contribution >= 0.6 is 0 Å². The Hall–Kier alpha value is -4.63. The molecule has 0 aliphatic rings. The Balaban J connectivity index is 1.81. The van der Waals surface area contributed by atoms with Gasteiger partial charge >= 0.3 is 6.16 Å². The summed E-state index contributed by atoms with van der Waals surface area (Å²) in [4.78, 5) is 12.4. The van der Waals surface area contributed by atoms with E-state index in [1.807, 2.05) is 109 Å². The van der Waals surface area contributed by atoms with Crippen molar-refractivity contribution in [3.8, 4) is 0 Å². The van der Waals surface area contributed by atoms with Gasteiger partial charge in [0.25, 0.3) is 0 Å². The van der Waals surface area contributed by atoms with Crippen LogP contribution < -0.4 is 0 Å². The van der Waals surface area contributed by atoms with E-state index in [1.54, 1.807) is 0 Å². The third-order valence-electron chi connectivity index (χ3n) is 6.71.